The zero-order valence-corrected chi connectivity index (χ0v) is 9.27. The third kappa shape index (κ3) is 2.82. The van der Waals surface area contributed by atoms with E-state index in [4.69, 9.17) is 10.4 Å². The van der Waals surface area contributed by atoms with E-state index in [-0.39, 0.29) is 22.9 Å². The van der Waals surface area contributed by atoms with Crippen molar-refractivity contribution in [2.75, 3.05) is 0 Å². The van der Waals surface area contributed by atoms with Gasteiger partial charge in [0.05, 0.1) is 10.6 Å². The highest BCUT2D eigenvalue weighted by Gasteiger charge is 2.41. The van der Waals surface area contributed by atoms with Crippen LogP contribution < -0.4 is 5.56 Å². The molecule has 0 fully saturated rings. The van der Waals surface area contributed by atoms with Gasteiger partial charge in [0.15, 0.2) is 0 Å². The van der Waals surface area contributed by atoms with E-state index in [9.17, 15) is 18.4 Å². The first-order chi connectivity index (χ1) is 7.77. The first-order valence-corrected chi connectivity index (χ1v) is 5.04. The molecular weight excluding hydrogens is 254 g/mol. The van der Waals surface area contributed by atoms with Gasteiger partial charge in [-0.3, -0.25) is 4.79 Å². The predicted molar refractivity (Wildman–Crippen MR) is 55.0 cm³/mol. The molecule has 1 heterocycles. The van der Waals surface area contributed by atoms with Crippen LogP contribution in [0.15, 0.2) is 15.9 Å². The molecule has 0 aliphatic heterocycles. The summed E-state index contributed by atoms with van der Waals surface area (Å²) in [5.74, 6) is -2.34. The third-order valence-electron chi connectivity index (χ3n) is 1.80. The van der Waals surface area contributed by atoms with Crippen molar-refractivity contribution in [1.29, 1.82) is 5.26 Å². The van der Waals surface area contributed by atoms with Crippen LogP contribution >= 0.6 is 11.8 Å². The van der Waals surface area contributed by atoms with E-state index in [1.54, 1.807) is 6.07 Å². The summed E-state index contributed by atoms with van der Waals surface area (Å²) in [4.78, 5) is 23.3. The van der Waals surface area contributed by atoms with Crippen LogP contribution in [-0.2, 0) is 4.79 Å². The number of H-pyrrole nitrogens is 1. The van der Waals surface area contributed by atoms with E-state index in [0.29, 0.717) is 0 Å². The molecule has 0 saturated carbocycles. The summed E-state index contributed by atoms with van der Waals surface area (Å²) in [6.07, 6.45) is 0. The molecule has 90 valence electrons. The van der Waals surface area contributed by atoms with E-state index in [1.165, 1.54) is 6.92 Å². The van der Waals surface area contributed by atoms with Gasteiger partial charge in [0.25, 0.3) is 0 Å². The zero-order chi connectivity index (χ0) is 13.2. The number of thioether (sulfide) groups is 1. The highest BCUT2D eigenvalue weighted by molar-refractivity contribution is 8.01. The molecule has 1 aromatic heterocycles. The molecule has 0 aromatic carbocycles. The molecule has 0 unspecified atom stereocenters. The van der Waals surface area contributed by atoms with Gasteiger partial charge < -0.3 is 10.1 Å². The van der Waals surface area contributed by atoms with Gasteiger partial charge in [0.2, 0.25) is 5.56 Å². The number of aromatic nitrogens is 1. The Labute approximate surface area is 98.1 Å². The number of carboxylic acid groups (broad SMARTS) is 1. The van der Waals surface area contributed by atoms with Crippen molar-refractivity contribution in [3.05, 3.63) is 27.5 Å². The average Bonchev–Trinajstić information content (AvgIpc) is 2.15. The Morgan fingerprint density at radius 2 is 2.24 bits per heavy atom. The van der Waals surface area contributed by atoms with Gasteiger partial charge in [-0.15, -0.1) is 0 Å². The molecule has 0 aliphatic rings. The second-order valence-corrected chi connectivity index (χ2v) is 4.18. The van der Waals surface area contributed by atoms with Gasteiger partial charge >= 0.3 is 11.2 Å². The first kappa shape index (κ1) is 13.2. The molecular formula is C9H6F2N2O3S. The number of nitriles is 1. The van der Waals surface area contributed by atoms with Crippen LogP contribution in [0.25, 0.3) is 0 Å². The third-order valence-corrected chi connectivity index (χ3v) is 2.74. The number of carboxylic acids is 1. The van der Waals surface area contributed by atoms with Crippen molar-refractivity contribution in [3.63, 3.8) is 0 Å². The lowest BCUT2D eigenvalue weighted by Crippen LogP contribution is -2.24. The minimum atomic E-state index is -4.11. The molecule has 17 heavy (non-hydrogen) atoms. The van der Waals surface area contributed by atoms with E-state index < -0.39 is 21.8 Å². The molecule has 1 rings (SSSR count). The number of nitrogens with one attached hydrogen (secondary N) is 1. The normalized spacial score (nSPS) is 10.9. The summed E-state index contributed by atoms with van der Waals surface area (Å²) in [6, 6.07) is 2.71. The molecule has 2 N–H and O–H groups in total. The Hall–Kier alpha value is -1.88. The lowest BCUT2D eigenvalue weighted by molar-refractivity contribution is -0.152. The van der Waals surface area contributed by atoms with Crippen molar-refractivity contribution in [3.8, 4) is 6.07 Å². The number of pyridine rings is 1. The molecule has 0 amide bonds. The minimum absolute atomic E-state index is 0.171. The van der Waals surface area contributed by atoms with E-state index >= 15 is 0 Å². The second kappa shape index (κ2) is 4.55. The Bertz CT molecular complexity index is 562. The number of aromatic amines is 1. The summed E-state index contributed by atoms with van der Waals surface area (Å²) in [5.41, 5.74) is -0.638. The van der Waals surface area contributed by atoms with Gasteiger partial charge in [-0.1, -0.05) is 0 Å². The van der Waals surface area contributed by atoms with Crippen LogP contribution in [0.5, 0.6) is 0 Å². The maximum atomic E-state index is 12.9. The van der Waals surface area contributed by atoms with Crippen molar-refractivity contribution < 1.29 is 18.7 Å². The van der Waals surface area contributed by atoms with Gasteiger partial charge in [-0.25, -0.2) is 4.79 Å². The number of aryl methyl sites for hydroxylation is 1. The van der Waals surface area contributed by atoms with Gasteiger partial charge in [0.1, 0.15) is 6.07 Å². The maximum absolute atomic E-state index is 12.9. The SMILES string of the molecule is Cc1cc(=O)[nH]c(SC(F)(F)C(=O)O)c1C#N. The molecule has 0 aliphatic carbocycles. The summed E-state index contributed by atoms with van der Waals surface area (Å²) >= 11 is -0.377. The Balaban J connectivity index is 3.29. The topological polar surface area (TPSA) is 93.9 Å². The highest BCUT2D eigenvalue weighted by atomic mass is 32.2. The highest BCUT2D eigenvalue weighted by Crippen LogP contribution is 2.36. The molecule has 0 bridgehead atoms. The van der Waals surface area contributed by atoms with E-state index in [1.807, 2.05) is 4.98 Å². The predicted octanol–water partition coefficient (Wildman–Crippen LogP) is 1.32. The zero-order valence-electron chi connectivity index (χ0n) is 8.45. The molecule has 5 nitrogen and oxygen atoms in total. The first-order valence-electron chi connectivity index (χ1n) is 4.22. The fourth-order valence-corrected chi connectivity index (χ4v) is 1.85. The Morgan fingerprint density at radius 1 is 1.65 bits per heavy atom. The number of hydrogen-bond donors (Lipinski definition) is 2. The molecule has 0 atom stereocenters. The maximum Gasteiger partial charge on any atom is 0.394 e. The summed E-state index contributed by atoms with van der Waals surface area (Å²) in [7, 11) is 0. The number of aliphatic carboxylic acids is 1. The largest absolute Gasteiger partial charge is 0.476 e. The van der Waals surface area contributed by atoms with Crippen LogP contribution in [0.4, 0.5) is 8.78 Å². The van der Waals surface area contributed by atoms with Gasteiger partial charge in [-0.05, 0) is 24.2 Å². The quantitative estimate of drug-likeness (QED) is 0.799. The van der Waals surface area contributed by atoms with Crippen LogP contribution in [0.3, 0.4) is 0 Å². The van der Waals surface area contributed by atoms with Crippen molar-refractivity contribution in [2.24, 2.45) is 0 Å². The Morgan fingerprint density at radius 3 is 2.71 bits per heavy atom. The van der Waals surface area contributed by atoms with Gasteiger partial charge in [-0.2, -0.15) is 14.0 Å². The van der Waals surface area contributed by atoms with Gasteiger partial charge in [0, 0.05) is 6.07 Å². The standard InChI is InChI=1S/C9H6F2N2O3S/c1-4-2-6(14)13-7(5(4)3-12)17-9(10,11)8(15)16/h2H,1H3,(H,13,14)(H,15,16). The lowest BCUT2D eigenvalue weighted by Gasteiger charge is -2.11. The smallest absolute Gasteiger partial charge is 0.394 e. The lowest BCUT2D eigenvalue weighted by atomic mass is 10.2. The summed E-state index contributed by atoms with van der Waals surface area (Å²) in [6.45, 7) is 1.40. The van der Waals surface area contributed by atoms with Crippen LogP contribution in [0.1, 0.15) is 11.1 Å². The van der Waals surface area contributed by atoms with Crippen molar-refractivity contribution in [1.82, 2.24) is 4.98 Å². The number of halogens is 2. The van der Waals surface area contributed by atoms with Crippen LogP contribution in [-0.4, -0.2) is 21.3 Å². The fraction of sp³-hybridized carbons (Fsp3) is 0.222. The molecule has 0 spiro atoms. The van der Waals surface area contributed by atoms with Crippen LogP contribution in [0.2, 0.25) is 0 Å². The molecule has 1 aromatic rings. The Kier molecular flexibility index (Phi) is 3.53. The number of hydrogen-bond acceptors (Lipinski definition) is 4. The molecule has 0 saturated heterocycles. The second-order valence-electron chi connectivity index (χ2n) is 3.06. The van der Waals surface area contributed by atoms with E-state index in [2.05, 4.69) is 0 Å². The van der Waals surface area contributed by atoms with Crippen molar-refractivity contribution >= 4 is 17.7 Å². The fourth-order valence-electron chi connectivity index (χ4n) is 1.05. The van der Waals surface area contributed by atoms with Crippen molar-refractivity contribution in [2.45, 2.75) is 17.2 Å². The van der Waals surface area contributed by atoms with E-state index in [0.717, 1.165) is 6.07 Å². The number of alkyl halides is 2. The average molecular weight is 260 g/mol. The summed E-state index contributed by atoms with van der Waals surface area (Å²) in [5, 5.41) is 12.4. The molecule has 8 heteroatoms. The number of carbonyl (C=O) groups is 1. The summed E-state index contributed by atoms with van der Waals surface area (Å²) < 4.78 is 25.9. The number of nitrogens with zero attached hydrogens (tertiary/aromatic N) is 1. The minimum Gasteiger partial charge on any atom is -0.476 e. The monoisotopic (exact) mass is 260 g/mol. The van der Waals surface area contributed by atoms with Crippen LogP contribution in [0, 0.1) is 18.3 Å². The molecule has 0 radical (unpaired) electrons. The number of rotatable bonds is 3.